The smallest absolute Gasteiger partial charge is 0.191 e. The zero-order valence-corrected chi connectivity index (χ0v) is 18.7. The Kier molecular flexibility index (Phi) is 9.51. The molecular weight excluding hydrogens is 376 g/mol. The average molecular weight is 415 g/mol. The van der Waals surface area contributed by atoms with Crippen molar-refractivity contribution < 1.29 is 9.47 Å². The van der Waals surface area contributed by atoms with Gasteiger partial charge in [0.25, 0.3) is 0 Å². The largest absolute Gasteiger partial charge is 0.497 e. The number of ether oxygens (including phenoxy) is 2. The summed E-state index contributed by atoms with van der Waals surface area (Å²) in [6.45, 7) is 8.51. The number of nitrogens with zero attached hydrogens (tertiary/aromatic N) is 2. The van der Waals surface area contributed by atoms with Crippen molar-refractivity contribution in [3.63, 3.8) is 0 Å². The van der Waals surface area contributed by atoms with Gasteiger partial charge in [-0.2, -0.15) is 0 Å². The summed E-state index contributed by atoms with van der Waals surface area (Å²) in [5.74, 6) is 1.80. The van der Waals surface area contributed by atoms with Crippen LogP contribution in [0.2, 0.25) is 0 Å². The number of likely N-dealkylation sites (tertiary alicyclic amines) is 1. The second-order valence-electron chi connectivity index (χ2n) is 7.97. The van der Waals surface area contributed by atoms with Crippen LogP contribution in [0.25, 0.3) is 0 Å². The fourth-order valence-electron chi connectivity index (χ4n) is 4.14. The number of hydrogen-bond acceptors (Lipinski definition) is 4. The summed E-state index contributed by atoms with van der Waals surface area (Å²) in [5, 5.41) is 6.92. The Bertz CT molecular complexity index is 681. The molecule has 0 aliphatic carbocycles. The second kappa shape index (κ2) is 12.6. The van der Waals surface area contributed by atoms with Crippen molar-refractivity contribution in [1.82, 2.24) is 15.5 Å². The Morgan fingerprint density at radius 1 is 1.17 bits per heavy atom. The fraction of sp³-hybridized carbons (Fsp3) is 0.625. The molecule has 1 atom stereocenters. The first kappa shape index (κ1) is 22.6. The van der Waals surface area contributed by atoms with Gasteiger partial charge in [-0.1, -0.05) is 30.2 Å². The van der Waals surface area contributed by atoms with Gasteiger partial charge in [0.1, 0.15) is 5.75 Å². The summed E-state index contributed by atoms with van der Waals surface area (Å²) in [6, 6.07) is 8.78. The van der Waals surface area contributed by atoms with Crippen molar-refractivity contribution >= 4 is 5.96 Å². The lowest BCUT2D eigenvalue weighted by Gasteiger charge is -2.34. The number of benzene rings is 1. The summed E-state index contributed by atoms with van der Waals surface area (Å²) < 4.78 is 10.7. The van der Waals surface area contributed by atoms with E-state index in [4.69, 9.17) is 14.5 Å². The van der Waals surface area contributed by atoms with Gasteiger partial charge >= 0.3 is 0 Å². The van der Waals surface area contributed by atoms with E-state index in [1.54, 1.807) is 7.11 Å². The first-order valence-corrected chi connectivity index (χ1v) is 11.5. The molecule has 0 aromatic heterocycles. The molecule has 6 heteroatoms. The fourth-order valence-corrected chi connectivity index (χ4v) is 4.14. The molecule has 0 saturated carbocycles. The molecular formula is C24H38N4O2. The number of piperidine rings is 1. The lowest BCUT2D eigenvalue weighted by Crippen LogP contribution is -2.40. The van der Waals surface area contributed by atoms with E-state index >= 15 is 0 Å². The number of guanidine groups is 1. The number of aliphatic imine (C=N–C) groups is 1. The van der Waals surface area contributed by atoms with Crippen LogP contribution in [-0.2, 0) is 4.74 Å². The predicted octanol–water partition coefficient (Wildman–Crippen LogP) is 3.51. The van der Waals surface area contributed by atoms with E-state index in [1.807, 2.05) is 0 Å². The molecule has 2 N–H and O–H groups in total. The third-order valence-electron chi connectivity index (χ3n) is 5.89. The van der Waals surface area contributed by atoms with Crippen molar-refractivity contribution in [2.45, 2.75) is 45.1 Å². The number of hydrogen-bond donors (Lipinski definition) is 2. The molecule has 2 aliphatic rings. The molecule has 1 aromatic carbocycles. The highest BCUT2D eigenvalue weighted by atomic mass is 16.5. The van der Waals surface area contributed by atoms with Gasteiger partial charge in [-0.15, -0.1) is 0 Å². The van der Waals surface area contributed by atoms with Crippen LogP contribution >= 0.6 is 0 Å². The first-order chi connectivity index (χ1) is 14.8. The maximum absolute atomic E-state index is 5.40. The van der Waals surface area contributed by atoms with Gasteiger partial charge in [0.2, 0.25) is 0 Å². The monoisotopic (exact) mass is 414 g/mol. The quantitative estimate of drug-likeness (QED) is 0.368. The zero-order valence-electron chi connectivity index (χ0n) is 18.7. The minimum atomic E-state index is 0.296. The lowest BCUT2D eigenvalue weighted by molar-refractivity contribution is 0.153. The molecule has 0 amide bonds. The standard InChI is InChI=1S/C24H38N4O2/c1-3-25-24(26-14-11-20-12-17-30-18-13-20)27-19-23(28-15-5-4-6-16-28)21-7-9-22(29-2)10-8-21/h7-10,12,23H,3-6,11,13-19H2,1-2H3,(H2,25,26,27). The number of rotatable bonds is 9. The van der Waals surface area contributed by atoms with Gasteiger partial charge in [-0.05, 0) is 63.4 Å². The van der Waals surface area contributed by atoms with Gasteiger partial charge in [0.15, 0.2) is 5.96 Å². The van der Waals surface area contributed by atoms with E-state index in [0.29, 0.717) is 6.04 Å². The molecule has 1 aromatic rings. The normalized spacial score (nSPS) is 19.1. The topological polar surface area (TPSA) is 58.1 Å². The highest BCUT2D eigenvalue weighted by molar-refractivity contribution is 5.79. The van der Waals surface area contributed by atoms with Crippen LogP contribution in [0.15, 0.2) is 40.9 Å². The van der Waals surface area contributed by atoms with Crippen LogP contribution < -0.4 is 15.4 Å². The minimum Gasteiger partial charge on any atom is -0.497 e. The van der Waals surface area contributed by atoms with Gasteiger partial charge in [0, 0.05) is 13.1 Å². The first-order valence-electron chi connectivity index (χ1n) is 11.5. The van der Waals surface area contributed by atoms with Crippen molar-refractivity contribution in [2.24, 2.45) is 4.99 Å². The van der Waals surface area contributed by atoms with Crippen LogP contribution in [-0.4, -0.2) is 63.9 Å². The van der Waals surface area contributed by atoms with Crippen molar-refractivity contribution in [2.75, 3.05) is 53.0 Å². The molecule has 1 fully saturated rings. The maximum atomic E-state index is 5.40. The van der Waals surface area contributed by atoms with E-state index in [9.17, 15) is 0 Å². The Morgan fingerprint density at radius 3 is 2.63 bits per heavy atom. The van der Waals surface area contributed by atoms with Crippen molar-refractivity contribution in [3.8, 4) is 5.75 Å². The predicted molar refractivity (Wildman–Crippen MR) is 123 cm³/mol. The summed E-state index contributed by atoms with van der Waals surface area (Å²) in [4.78, 5) is 7.56. The van der Waals surface area contributed by atoms with Crippen molar-refractivity contribution in [1.29, 1.82) is 0 Å². The number of methoxy groups -OCH3 is 1. The molecule has 30 heavy (non-hydrogen) atoms. The summed E-state index contributed by atoms with van der Waals surface area (Å²) in [7, 11) is 1.71. The zero-order chi connectivity index (χ0) is 21.0. The van der Waals surface area contributed by atoms with Crippen molar-refractivity contribution in [3.05, 3.63) is 41.5 Å². The van der Waals surface area contributed by atoms with E-state index < -0.39 is 0 Å². The summed E-state index contributed by atoms with van der Waals surface area (Å²) >= 11 is 0. The Balaban J connectivity index is 1.64. The SMILES string of the molecule is CCNC(=NCC(c1ccc(OC)cc1)N1CCCCC1)NCCC1=CCOCC1. The van der Waals surface area contributed by atoms with Crippen LogP contribution in [0.5, 0.6) is 5.75 Å². The highest BCUT2D eigenvalue weighted by Crippen LogP contribution is 2.26. The Labute approximate surface area is 181 Å². The Hall–Kier alpha value is -2.05. The molecule has 1 saturated heterocycles. The molecule has 6 nitrogen and oxygen atoms in total. The molecule has 0 radical (unpaired) electrons. The lowest BCUT2D eigenvalue weighted by atomic mass is 10.0. The molecule has 3 rings (SSSR count). The van der Waals surface area contributed by atoms with Crippen LogP contribution in [0.1, 0.15) is 50.6 Å². The average Bonchev–Trinajstić information content (AvgIpc) is 2.81. The molecule has 0 spiro atoms. The van der Waals surface area contributed by atoms with Gasteiger partial charge < -0.3 is 20.1 Å². The van der Waals surface area contributed by atoms with Gasteiger partial charge in [-0.25, -0.2) is 0 Å². The highest BCUT2D eigenvalue weighted by Gasteiger charge is 2.22. The molecule has 2 heterocycles. The number of nitrogens with one attached hydrogen (secondary N) is 2. The maximum Gasteiger partial charge on any atom is 0.191 e. The third-order valence-corrected chi connectivity index (χ3v) is 5.89. The molecule has 2 aliphatic heterocycles. The van der Waals surface area contributed by atoms with Crippen LogP contribution in [0.4, 0.5) is 0 Å². The molecule has 1 unspecified atom stereocenters. The van der Waals surface area contributed by atoms with Gasteiger partial charge in [0.05, 0.1) is 32.9 Å². The molecule has 0 bridgehead atoms. The third kappa shape index (κ3) is 7.03. The second-order valence-corrected chi connectivity index (χ2v) is 7.97. The van der Waals surface area contributed by atoms with Gasteiger partial charge in [-0.3, -0.25) is 9.89 Å². The summed E-state index contributed by atoms with van der Waals surface area (Å²) in [6.07, 6.45) is 8.18. The Morgan fingerprint density at radius 2 is 1.97 bits per heavy atom. The minimum absolute atomic E-state index is 0.296. The van der Waals surface area contributed by atoms with E-state index in [1.165, 1.54) is 30.4 Å². The molecule has 166 valence electrons. The van der Waals surface area contributed by atoms with Crippen LogP contribution in [0.3, 0.4) is 0 Å². The summed E-state index contributed by atoms with van der Waals surface area (Å²) in [5.41, 5.74) is 2.79. The van der Waals surface area contributed by atoms with E-state index in [-0.39, 0.29) is 0 Å². The van der Waals surface area contributed by atoms with E-state index in [2.05, 4.69) is 52.8 Å². The van der Waals surface area contributed by atoms with Crippen LogP contribution in [0, 0.1) is 0 Å². The van der Waals surface area contributed by atoms with E-state index in [0.717, 1.165) is 70.5 Å².